The largest absolute Gasteiger partial charge is 0.325 e. The first kappa shape index (κ1) is 16.8. The first-order valence-corrected chi connectivity index (χ1v) is 7.50. The van der Waals surface area contributed by atoms with Gasteiger partial charge in [-0.3, -0.25) is 4.79 Å². The molecule has 5 heteroatoms. The number of halogens is 3. The van der Waals surface area contributed by atoms with E-state index in [4.69, 9.17) is 23.2 Å². The van der Waals surface area contributed by atoms with Crippen molar-refractivity contribution in [1.29, 1.82) is 0 Å². The third-order valence-corrected chi connectivity index (χ3v) is 3.88. The van der Waals surface area contributed by atoms with E-state index in [0.29, 0.717) is 26.9 Å². The second kappa shape index (κ2) is 6.27. The molecule has 1 amide bonds. The van der Waals surface area contributed by atoms with Crippen LogP contribution >= 0.6 is 23.2 Å². The van der Waals surface area contributed by atoms with Gasteiger partial charge in [-0.1, -0.05) is 50.0 Å². The van der Waals surface area contributed by atoms with E-state index < -0.39 is 11.2 Å². The highest BCUT2D eigenvalue weighted by Gasteiger charge is 2.22. The number of nitrogens with one attached hydrogen (secondary N) is 1. The maximum atomic E-state index is 13.6. The van der Waals surface area contributed by atoms with Gasteiger partial charge in [0.25, 0.3) is 0 Å². The summed E-state index contributed by atoms with van der Waals surface area (Å²) < 4.78 is 13.6. The van der Waals surface area contributed by atoms with Crippen molar-refractivity contribution in [2.75, 3.05) is 5.32 Å². The second-order valence-electron chi connectivity index (χ2n) is 6.02. The van der Waals surface area contributed by atoms with Gasteiger partial charge in [0.15, 0.2) is 0 Å². The summed E-state index contributed by atoms with van der Waals surface area (Å²) in [6, 6.07) is 9.22. The maximum absolute atomic E-state index is 13.6. The van der Waals surface area contributed by atoms with Gasteiger partial charge < -0.3 is 5.32 Å². The molecule has 0 aliphatic carbocycles. The van der Waals surface area contributed by atoms with Crippen LogP contribution in [0.2, 0.25) is 10.0 Å². The Kier molecular flexibility index (Phi) is 4.78. The van der Waals surface area contributed by atoms with Crippen molar-refractivity contribution in [3.05, 3.63) is 52.3 Å². The van der Waals surface area contributed by atoms with Crippen LogP contribution in [0.3, 0.4) is 0 Å². The summed E-state index contributed by atoms with van der Waals surface area (Å²) in [6.45, 7) is 5.43. The quantitative estimate of drug-likeness (QED) is 0.737. The molecule has 2 rings (SSSR count). The fourth-order valence-electron chi connectivity index (χ4n) is 1.84. The Bertz CT molecular complexity index is 723. The summed E-state index contributed by atoms with van der Waals surface area (Å²) in [5.41, 5.74) is 1.21. The zero-order valence-corrected chi connectivity index (χ0v) is 14.0. The van der Waals surface area contributed by atoms with Crippen molar-refractivity contribution in [3.8, 4) is 11.1 Å². The van der Waals surface area contributed by atoms with Crippen molar-refractivity contribution < 1.29 is 9.18 Å². The third kappa shape index (κ3) is 3.79. The standard InChI is InChI=1S/C17H16Cl2FNO/c1-17(2,3)16(22)21-15-7-5-11(20)9-12(15)10-4-6-13(18)14(19)8-10/h4-9H,1-3H3,(H,21,22). The van der Waals surface area contributed by atoms with Gasteiger partial charge >= 0.3 is 0 Å². The summed E-state index contributed by atoms with van der Waals surface area (Å²) in [5.74, 6) is -0.546. The first-order chi connectivity index (χ1) is 10.2. The van der Waals surface area contributed by atoms with Crippen molar-refractivity contribution in [3.63, 3.8) is 0 Å². The SMILES string of the molecule is CC(C)(C)C(=O)Nc1ccc(F)cc1-c1ccc(Cl)c(Cl)c1. The molecule has 1 N–H and O–H groups in total. The summed E-state index contributed by atoms with van der Waals surface area (Å²) in [4.78, 5) is 12.2. The first-order valence-electron chi connectivity index (χ1n) is 6.75. The van der Waals surface area contributed by atoms with Gasteiger partial charge in [-0.25, -0.2) is 4.39 Å². The van der Waals surface area contributed by atoms with E-state index in [1.54, 1.807) is 18.2 Å². The lowest BCUT2D eigenvalue weighted by Crippen LogP contribution is -2.27. The molecule has 2 aromatic carbocycles. The van der Waals surface area contributed by atoms with Crippen LogP contribution in [-0.4, -0.2) is 5.91 Å². The van der Waals surface area contributed by atoms with Crippen LogP contribution in [0.1, 0.15) is 20.8 Å². The average molecular weight is 340 g/mol. The molecule has 0 radical (unpaired) electrons. The summed E-state index contributed by atoms with van der Waals surface area (Å²) in [7, 11) is 0. The fourth-order valence-corrected chi connectivity index (χ4v) is 2.14. The zero-order chi connectivity index (χ0) is 16.5. The molecule has 0 heterocycles. The van der Waals surface area contributed by atoms with Crippen LogP contribution in [0.25, 0.3) is 11.1 Å². The van der Waals surface area contributed by atoms with Crippen LogP contribution in [0, 0.1) is 11.2 Å². The van der Waals surface area contributed by atoms with E-state index >= 15 is 0 Å². The third-order valence-electron chi connectivity index (χ3n) is 3.14. The van der Waals surface area contributed by atoms with Gasteiger partial charge in [0, 0.05) is 16.7 Å². The van der Waals surface area contributed by atoms with E-state index in [2.05, 4.69) is 5.32 Å². The minimum atomic E-state index is -0.552. The number of anilines is 1. The van der Waals surface area contributed by atoms with E-state index in [0.717, 1.165) is 0 Å². The number of carbonyl (C=O) groups is 1. The number of hydrogen-bond acceptors (Lipinski definition) is 1. The molecular formula is C17H16Cl2FNO. The molecule has 22 heavy (non-hydrogen) atoms. The average Bonchev–Trinajstić information content (AvgIpc) is 2.42. The Balaban J connectivity index is 2.48. The number of hydrogen-bond donors (Lipinski definition) is 1. The van der Waals surface area contributed by atoms with Crippen LogP contribution in [0.4, 0.5) is 10.1 Å². The summed E-state index contributed by atoms with van der Waals surface area (Å²) >= 11 is 11.9. The number of amides is 1. The summed E-state index contributed by atoms with van der Waals surface area (Å²) in [5, 5.41) is 3.62. The van der Waals surface area contributed by atoms with E-state index in [9.17, 15) is 9.18 Å². The van der Waals surface area contributed by atoms with E-state index in [-0.39, 0.29) is 5.91 Å². The van der Waals surface area contributed by atoms with Crippen LogP contribution in [0.15, 0.2) is 36.4 Å². The molecule has 0 atom stereocenters. The lowest BCUT2D eigenvalue weighted by Gasteiger charge is -2.19. The highest BCUT2D eigenvalue weighted by molar-refractivity contribution is 6.42. The summed E-state index contributed by atoms with van der Waals surface area (Å²) in [6.07, 6.45) is 0. The zero-order valence-electron chi connectivity index (χ0n) is 12.5. The molecular weight excluding hydrogens is 324 g/mol. The maximum Gasteiger partial charge on any atom is 0.229 e. The normalized spacial score (nSPS) is 11.4. The lowest BCUT2D eigenvalue weighted by molar-refractivity contribution is -0.123. The molecule has 0 aromatic heterocycles. The van der Waals surface area contributed by atoms with Gasteiger partial charge in [-0.15, -0.1) is 0 Å². The lowest BCUT2D eigenvalue weighted by atomic mass is 9.95. The van der Waals surface area contributed by atoms with Gasteiger partial charge in [0.1, 0.15) is 5.82 Å². The minimum absolute atomic E-state index is 0.152. The molecule has 0 spiro atoms. The molecule has 0 aliphatic rings. The predicted molar refractivity (Wildman–Crippen MR) is 89.9 cm³/mol. The fraction of sp³-hybridized carbons (Fsp3) is 0.235. The Morgan fingerprint density at radius 3 is 2.32 bits per heavy atom. The second-order valence-corrected chi connectivity index (χ2v) is 6.84. The molecule has 116 valence electrons. The Hall–Kier alpha value is -1.58. The number of carbonyl (C=O) groups excluding carboxylic acids is 1. The van der Waals surface area contributed by atoms with Crippen molar-refractivity contribution in [2.24, 2.45) is 5.41 Å². The Morgan fingerprint density at radius 1 is 1.05 bits per heavy atom. The molecule has 0 unspecified atom stereocenters. The molecule has 2 aromatic rings. The van der Waals surface area contributed by atoms with Crippen LogP contribution in [-0.2, 0) is 4.79 Å². The number of benzene rings is 2. The van der Waals surface area contributed by atoms with Gasteiger partial charge in [0.2, 0.25) is 5.91 Å². The molecule has 0 saturated carbocycles. The molecule has 0 aliphatic heterocycles. The van der Waals surface area contributed by atoms with Crippen molar-refractivity contribution in [2.45, 2.75) is 20.8 Å². The Morgan fingerprint density at radius 2 is 1.73 bits per heavy atom. The van der Waals surface area contributed by atoms with E-state index in [1.807, 2.05) is 20.8 Å². The molecule has 2 nitrogen and oxygen atoms in total. The topological polar surface area (TPSA) is 29.1 Å². The van der Waals surface area contributed by atoms with E-state index in [1.165, 1.54) is 18.2 Å². The predicted octanol–water partition coefficient (Wildman–Crippen LogP) is 5.78. The van der Waals surface area contributed by atoms with Crippen molar-refractivity contribution >= 4 is 34.8 Å². The number of rotatable bonds is 2. The van der Waals surface area contributed by atoms with Gasteiger partial charge in [0.05, 0.1) is 10.0 Å². The highest BCUT2D eigenvalue weighted by Crippen LogP contribution is 2.34. The van der Waals surface area contributed by atoms with Gasteiger partial charge in [-0.05, 0) is 35.9 Å². The highest BCUT2D eigenvalue weighted by atomic mass is 35.5. The monoisotopic (exact) mass is 339 g/mol. The Labute approximate surface area is 139 Å². The van der Waals surface area contributed by atoms with Crippen LogP contribution < -0.4 is 5.32 Å². The molecule has 0 fully saturated rings. The minimum Gasteiger partial charge on any atom is -0.325 e. The van der Waals surface area contributed by atoms with Crippen molar-refractivity contribution in [1.82, 2.24) is 0 Å². The van der Waals surface area contributed by atoms with Crippen LogP contribution in [0.5, 0.6) is 0 Å². The van der Waals surface area contributed by atoms with Gasteiger partial charge in [-0.2, -0.15) is 0 Å². The molecule has 0 saturated heterocycles. The molecule has 0 bridgehead atoms. The smallest absolute Gasteiger partial charge is 0.229 e.